The second-order valence-electron chi connectivity index (χ2n) is 14.8. The largest absolute Gasteiger partial charge is 0.393 e. The van der Waals surface area contributed by atoms with Gasteiger partial charge < -0.3 is 9.84 Å². The lowest BCUT2D eigenvalue weighted by Gasteiger charge is -2.61. The topological polar surface area (TPSA) is 29.5 Å². The van der Waals surface area contributed by atoms with E-state index in [1.54, 1.807) is 0 Å². The number of fused-ring (bicyclic) bond motifs is 5. The van der Waals surface area contributed by atoms with Gasteiger partial charge in [-0.1, -0.05) is 48.0 Å². The van der Waals surface area contributed by atoms with Gasteiger partial charge in [0.05, 0.1) is 11.7 Å². The average molecular weight is 489 g/mol. The number of hydrogen-bond acceptors (Lipinski definition) is 2. The van der Waals surface area contributed by atoms with E-state index in [1.807, 2.05) is 21.0 Å². The van der Waals surface area contributed by atoms with Crippen LogP contribution in [0.15, 0.2) is 0 Å². The molecule has 0 heterocycles. The smallest absolute Gasteiger partial charge is 0.0679 e. The van der Waals surface area contributed by atoms with Gasteiger partial charge in [-0.15, -0.1) is 0 Å². The fraction of sp³-hybridized carbons (Fsp3) is 1.00. The van der Waals surface area contributed by atoms with Crippen LogP contribution in [0.5, 0.6) is 0 Å². The first-order valence-electron chi connectivity index (χ1n) is 15.8. The van der Waals surface area contributed by atoms with E-state index >= 15 is 0 Å². The fourth-order valence-electron chi connectivity index (χ4n) is 10.4. The van der Waals surface area contributed by atoms with Crippen LogP contribution in [0.3, 0.4) is 0 Å². The van der Waals surface area contributed by atoms with Crippen molar-refractivity contribution in [3.63, 3.8) is 0 Å². The molecule has 2 heteroatoms. The van der Waals surface area contributed by atoms with Gasteiger partial charge in [-0.3, -0.25) is 0 Å². The monoisotopic (exact) mass is 488 g/mol. The van der Waals surface area contributed by atoms with Crippen LogP contribution in [-0.4, -0.2) is 23.9 Å². The molecule has 0 saturated heterocycles. The predicted molar refractivity (Wildman–Crippen MR) is 148 cm³/mol. The molecule has 0 spiro atoms. The summed E-state index contributed by atoms with van der Waals surface area (Å²) < 4.78 is 6.19. The van der Waals surface area contributed by atoms with E-state index in [-0.39, 0.29) is 11.7 Å². The molecule has 5 rings (SSSR count). The molecule has 204 valence electrons. The van der Waals surface area contributed by atoms with Crippen molar-refractivity contribution in [2.24, 2.45) is 45.8 Å². The first kappa shape index (κ1) is 27.9. The molecular formula is C33H60O2. The Balaban J connectivity index is 0.00000141. The van der Waals surface area contributed by atoms with Crippen LogP contribution in [-0.2, 0) is 4.74 Å². The summed E-state index contributed by atoms with van der Waals surface area (Å²) >= 11 is 0. The van der Waals surface area contributed by atoms with E-state index in [0.29, 0.717) is 16.2 Å². The number of ether oxygens (including phenoxy) is 1. The molecule has 6 unspecified atom stereocenters. The van der Waals surface area contributed by atoms with E-state index < -0.39 is 0 Å². The van der Waals surface area contributed by atoms with E-state index in [4.69, 9.17) is 4.74 Å². The summed E-state index contributed by atoms with van der Waals surface area (Å²) in [6.45, 7) is 14.2. The van der Waals surface area contributed by atoms with Gasteiger partial charge in [0.2, 0.25) is 0 Å². The second-order valence-corrected chi connectivity index (χ2v) is 14.8. The van der Waals surface area contributed by atoms with Crippen molar-refractivity contribution >= 4 is 0 Å². The minimum absolute atomic E-state index is 0.0185. The molecule has 2 nitrogen and oxygen atoms in total. The Morgan fingerprint density at radius 3 is 2.09 bits per heavy atom. The van der Waals surface area contributed by atoms with E-state index in [1.165, 1.54) is 89.9 Å². The van der Waals surface area contributed by atoms with Crippen LogP contribution in [0.4, 0.5) is 0 Å². The lowest BCUT2D eigenvalue weighted by atomic mass is 9.44. The molecule has 0 radical (unpaired) electrons. The second kappa shape index (κ2) is 10.6. The predicted octanol–water partition coefficient (Wildman–Crippen LogP) is 9.19. The maximum absolute atomic E-state index is 10.3. The van der Waals surface area contributed by atoms with E-state index in [9.17, 15) is 5.11 Å². The molecule has 35 heavy (non-hydrogen) atoms. The number of rotatable bonds is 5. The number of aliphatic hydroxyl groups excluding tert-OH is 1. The van der Waals surface area contributed by atoms with Gasteiger partial charge in [0.25, 0.3) is 0 Å². The van der Waals surface area contributed by atoms with Crippen molar-refractivity contribution in [3.8, 4) is 0 Å². The number of methoxy groups -OCH3 is 1. The summed E-state index contributed by atoms with van der Waals surface area (Å²) in [6.07, 6.45) is 21.4. The summed E-state index contributed by atoms with van der Waals surface area (Å²) in [5.74, 6) is 4.60. The Bertz CT molecular complexity index is 689. The highest BCUT2D eigenvalue weighted by molar-refractivity contribution is 5.09. The Kier molecular flexibility index (Phi) is 8.45. The molecular weight excluding hydrogens is 428 g/mol. The molecule has 5 aliphatic rings. The third kappa shape index (κ3) is 5.15. The van der Waals surface area contributed by atoms with Crippen molar-refractivity contribution in [1.29, 1.82) is 0 Å². The summed E-state index contributed by atoms with van der Waals surface area (Å²) in [5, 5.41) is 10.3. The Morgan fingerprint density at radius 1 is 0.743 bits per heavy atom. The SMILES string of the molecule is CC.COC1(CCC[C@H]2CCC3C4CCC5C[C@@H](O)CCC5(C)C4CCC32C)CCC(C)(C)CC1. The Hall–Kier alpha value is -0.0800. The van der Waals surface area contributed by atoms with Crippen molar-refractivity contribution in [2.45, 2.75) is 156 Å². The van der Waals surface area contributed by atoms with E-state index in [2.05, 4.69) is 27.7 Å². The van der Waals surface area contributed by atoms with Gasteiger partial charge in [-0.25, -0.2) is 0 Å². The Morgan fingerprint density at radius 2 is 1.40 bits per heavy atom. The van der Waals surface area contributed by atoms with Gasteiger partial charge in [0.1, 0.15) is 0 Å². The third-order valence-corrected chi connectivity index (χ3v) is 13.0. The quantitative estimate of drug-likeness (QED) is 0.418. The number of hydrogen-bond donors (Lipinski definition) is 1. The molecule has 0 aromatic heterocycles. The first-order valence-corrected chi connectivity index (χ1v) is 15.8. The molecule has 5 aliphatic carbocycles. The average Bonchev–Trinajstić information content (AvgIpc) is 3.18. The standard InChI is InChI=1S/C31H54O2.C2H6/c1-28(2)17-19-31(33-5,20-18-28)14-6-7-22-9-11-26-25-10-8-23-21-24(32)12-15-30(23,4)27(25)13-16-29(22,26)3;1-2/h22-27,32H,6-21H2,1-5H3;1-2H3/t22-,23?,24-,25?,26?,27?,29?,30?;/m0./s1. The van der Waals surface area contributed by atoms with Crippen LogP contribution in [0.2, 0.25) is 0 Å². The minimum Gasteiger partial charge on any atom is -0.393 e. The summed E-state index contributed by atoms with van der Waals surface area (Å²) in [4.78, 5) is 0. The maximum atomic E-state index is 10.3. The molecule has 0 aromatic carbocycles. The molecule has 5 fully saturated rings. The molecule has 0 aliphatic heterocycles. The number of aliphatic hydroxyl groups is 1. The van der Waals surface area contributed by atoms with Gasteiger partial charge in [0.15, 0.2) is 0 Å². The highest BCUT2D eigenvalue weighted by Gasteiger charge is 2.59. The maximum Gasteiger partial charge on any atom is 0.0679 e. The fourth-order valence-corrected chi connectivity index (χ4v) is 10.4. The molecule has 0 aromatic rings. The summed E-state index contributed by atoms with van der Waals surface area (Å²) in [6, 6.07) is 0. The van der Waals surface area contributed by atoms with Crippen LogP contribution >= 0.6 is 0 Å². The first-order chi connectivity index (χ1) is 16.6. The zero-order valence-electron chi connectivity index (χ0n) is 24.6. The van der Waals surface area contributed by atoms with Gasteiger partial charge in [-0.2, -0.15) is 0 Å². The van der Waals surface area contributed by atoms with Crippen molar-refractivity contribution in [2.75, 3.05) is 7.11 Å². The zero-order valence-corrected chi connectivity index (χ0v) is 24.6. The lowest BCUT2D eigenvalue weighted by molar-refractivity contribution is -0.127. The van der Waals surface area contributed by atoms with E-state index in [0.717, 1.165) is 42.4 Å². The normalized spacial score (nSPS) is 45.9. The zero-order chi connectivity index (χ0) is 25.5. The van der Waals surface area contributed by atoms with Crippen molar-refractivity contribution in [3.05, 3.63) is 0 Å². The van der Waals surface area contributed by atoms with Crippen molar-refractivity contribution in [1.82, 2.24) is 0 Å². The molecule has 0 amide bonds. The summed E-state index contributed by atoms with van der Waals surface area (Å²) in [7, 11) is 1.98. The lowest BCUT2D eigenvalue weighted by Crippen LogP contribution is -2.53. The molecule has 5 saturated carbocycles. The van der Waals surface area contributed by atoms with Gasteiger partial charge >= 0.3 is 0 Å². The minimum atomic E-state index is -0.0185. The van der Waals surface area contributed by atoms with Gasteiger partial charge in [-0.05, 0) is 142 Å². The summed E-state index contributed by atoms with van der Waals surface area (Å²) in [5.41, 5.74) is 1.79. The Labute approximate surface area is 218 Å². The highest BCUT2D eigenvalue weighted by Crippen LogP contribution is 2.68. The highest BCUT2D eigenvalue weighted by atomic mass is 16.5. The third-order valence-electron chi connectivity index (χ3n) is 13.0. The van der Waals surface area contributed by atoms with Crippen LogP contribution in [0.25, 0.3) is 0 Å². The molecule has 0 bridgehead atoms. The molecule has 1 N–H and O–H groups in total. The van der Waals surface area contributed by atoms with Crippen molar-refractivity contribution < 1.29 is 9.84 Å². The van der Waals surface area contributed by atoms with Gasteiger partial charge in [0, 0.05) is 7.11 Å². The van der Waals surface area contributed by atoms with Crippen LogP contribution < -0.4 is 0 Å². The van der Waals surface area contributed by atoms with Crippen LogP contribution in [0, 0.1) is 45.8 Å². The molecule has 8 atom stereocenters. The van der Waals surface area contributed by atoms with Crippen LogP contribution in [0.1, 0.15) is 144 Å².